The highest BCUT2D eigenvalue weighted by Gasteiger charge is 2.10. The van der Waals surface area contributed by atoms with Crippen molar-refractivity contribution in [3.05, 3.63) is 29.3 Å². The second-order valence-corrected chi connectivity index (χ2v) is 5.15. The molecule has 1 aromatic carbocycles. The Morgan fingerprint density at radius 2 is 2.00 bits per heavy atom. The van der Waals surface area contributed by atoms with Crippen LogP contribution in [0.25, 0.3) is 0 Å². The topological polar surface area (TPSA) is 9.23 Å². The van der Waals surface area contributed by atoms with Crippen molar-refractivity contribution in [3.63, 3.8) is 0 Å². The van der Waals surface area contributed by atoms with Gasteiger partial charge in [0.1, 0.15) is 5.75 Å². The zero-order chi connectivity index (χ0) is 13.5. The van der Waals surface area contributed by atoms with Gasteiger partial charge in [-0.1, -0.05) is 39.8 Å². The fourth-order valence-electron chi connectivity index (χ4n) is 1.93. The van der Waals surface area contributed by atoms with Crippen LogP contribution in [0.3, 0.4) is 0 Å². The number of hydrogen-bond acceptors (Lipinski definition) is 1. The van der Waals surface area contributed by atoms with Gasteiger partial charge in [0.25, 0.3) is 0 Å². The molecule has 0 spiro atoms. The van der Waals surface area contributed by atoms with Gasteiger partial charge >= 0.3 is 0 Å². The molecule has 0 aliphatic heterocycles. The first-order valence-corrected chi connectivity index (χ1v) is 6.80. The summed E-state index contributed by atoms with van der Waals surface area (Å²) in [6.07, 6.45) is 7.41. The lowest BCUT2D eigenvalue weighted by atomic mass is 9.95. The maximum Gasteiger partial charge on any atom is 0.122 e. The summed E-state index contributed by atoms with van der Waals surface area (Å²) in [5, 5.41) is 0. The summed E-state index contributed by atoms with van der Waals surface area (Å²) in [5.41, 5.74) is 2.58. The van der Waals surface area contributed by atoms with E-state index in [0.717, 1.165) is 25.2 Å². The van der Waals surface area contributed by atoms with E-state index in [4.69, 9.17) is 11.2 Å². The Balaban J connectivity index is 2.92. The minimum absolute atomic E-state index is 0.285. The molecule has 18 heavy (non-hydrogen) atoms. The van der Waals surface area contributed by atoms with Crippen LogP contribution >= 0.6 is 0 Å². The molecule has 0 bridgehead atoms. The molecule has 1 rings (SSSR count). The van der Waals surface area contributed by atoms with E-state index in [1.807, 2.05) is 0 Å². The first-order chi connectivity index (χ1) is 8.58. The second-order valence-electron chi connectivity index (χ2n) is 5.15. The molecule has 0 saturated carbocycles. The van der Waals surface area contributed by atoms with Crippen LogP contribution in [0.15, 0.2) is 18.2 Å². The molecular formula is C17H24O. The molecule has 0 N–H and O–H groups in total. The molecule has 98 valence electrons. The number of ether oxygens (including phenoxy) is 1. The summed E-state index contributed by atoms with van der Waals surface area (Å²) < 4.78 is 5.79. The van der Waals surface area contributed by atoms with Crippen LogP contribution in [0, 0.1) is 18.3 Å². The van der Waals surface area contributed by atoms with E-state index < -0.39 is 0 Å². The van der Waals surface area contributed by atoms with Gasteiger partial charge in [0.05, 0.1) is 6.61 Å². The first kappa shape index (κ1) is 14.6. The lowest BCUT2D eigenvalue weighted by molar-refractivity contribution is 0.313. The van der Waals surface area contributed by atoms with Gasteiger partial charge in [-0.3, -0.25) is 0 Å². The fraction of sp³-hybridized carbons (Fsp3) is 0.529. The third-order valence-corrected chi connectivity index (χ3v) is 2.98. The highest BCUT2D eigenvalue weighted by Crippen LogP contribution is 2.28. The maximum atomic E-state index is 5.79. The summed E-state index contributed by atoms with van der Waals surface area (Å²) in [7, 11) is 0. The highest BCUT2D eigenvalue weighted by molar-refractivity contribution is 5.39. The Bertz CT molecular complexity index is 412. The standard InChI is InChI=1S/C17H24O/c1-6-10-18-17-9-8-15(11-14(5)7-2)12-16(17)13(3)4/h2,8-9,12-14H,6,10-11H2,1,3-5H3. The normalized spacial score (nSPS) is 12.2. The van der Waals surface area contributed by atoms with Gasteiger partial charge < -0.3 is 4.74 Å². The van der Waals surface area contributed by atoms with Gasteiger partial charge in [-0.25, -0.2) is 0 Å². The van der Waals surface area contributed by atoms with Crippen LogP contribution in [0.4, 0.5) is 0 Å². The largest absolute Gasteiger partial charge is 0.493 e. The third kappa shape index (κ3) is 4.11. The Labute approximate surface area is 112 Å². The lowest BCUT2D eigenvalue weighted by Gasteiger charge is -2.16. The smallest absolute Gasteiger partial charge is 0.122 e. The Morgan fingerprint density at radius 1 is 1.28 bits per heavy atom. The minimum atomic E-state index is 0.285. The van der Waals surface area contributed by atoms with Crippen LogP contribution in [0.5, 0.6) is 5.75 Å². The van der Waals surface area contributed by atoms with Crippen molar-refractivity contribution < 1.29 is 4.74 Å². The van der Waals surface area contributed by atoms with Crippen LogP contribution in [0.1, 0.15) is 51.2 Å². The van der Waals surface area contributed by atoms with E-state index in [2.05, 4.69) is 51.8 Å². The van der Waals surface area contributed by atoms with Crippen molar-refractivity contribution in [1.29, 1.82) is 0 Å². The van der Waals surface area contributed by atoms with Gasteiger partial charge in [-0.2, -0.15) is 0 Å². The predicted octanol–water partition coefficient (Wildman–Crippen LogP) is 4.41. The Morgan fingerprint density at radius 3 is 2.56 bits per heavy atom. The zero-order valence-corrected chi connectivity index (χ0v) is 12.0. The van der Waals surface area contributed by atoms with E-state index in [0.29, 0.717) is 5.92 Å². The minimum Gasteiger partial charge on any atom is -0.493 e. The van der Waals surface area contributed by atoms with Crippen molar-refractivity contribution >= 4 is 0 Å². The van der Waals surface area contributed by atoms with Crippen LogP contribution in [0.2, 0.25) is 0 Å². The third-order valence-electron chi connectivity index (χ3n) is 2.98. The Hall–Kier alpha value is -1.42. The van der Waals surface area contributed by atoms with E-state index in [1.54, 1.807) is 0 Å². The molecule has 0 heterocycles. The van der Waals surface area contributed by atoms with Gasteiger partial charge in [0, 0.05) is 5.92 Å². The molecule has 1 aromatic rings. The molecule has 1 nitrogen and oxygen atoms in total. The van der Waals surface area contributed by atoms with Crippen LogP contribution in [-0.4, -0.2) is 6.61 Å². The number of benzene rings is 1. The zero-order valence-electron chi connectivity index (χ0n) is 12.0. The number of rotatable bonds is 6. The van der Waals surface area contributed by atoms with Crippen molar-refractivity contribution in [1.82, 2.24) is 0 Å². The highest BCUT2D eigenvalue weighted by atomic mass is 16.5. The molecule has 0 radical (unpaired) electrons. The molecule has 1 unspecified atom stereocenters. The average Bonchev–Trinajstić information content (AvgIpc) is 2.36. The fourth-order valence-corrected chi connectivity index (χ4v) is 1.93. The quantitative estimate of drug-likeness (QED) is 0.673. The molecule has 0 saturated heterocycles. The van der Waals surface area contributed by atoms with Crippen LogP contribution in [-0.2, 0) is 6.42 Å². The van der Waals surface area contributed by atoms with Crippen molar-refractivity contribution in [3.8, 4) is 18.1 Å². The Kier molecular flexibility index (Phi) is 5.78. The molecule has 1 heteroatoms. The summed E-state index contributed by atoms with van der Waals surface area (Å²) >= 11 is 0. The van der Waals surface area contributed by atoms with Gasteiger partial charge in [0.2, 0.25) is 0 Å². The second kappa shape index (κ2) is 7.11. The van der Waals surface area contributed by atoms with Crippen molar-refractivity contribution in [2.45, 2.75) is 46.5 Å². The van der Waals surface area contributed by atoms with Crippen molar-refractivity contribution in [2.24, 2.45) is 5.92 Å². The summed E-state index contributed by atoms with van der Waals surface area (Å²) in [4.78, 5) is 0. The van der Waals surface area contributed by atoms with E-state index in [-0.39, 0.29) is 5.92 Å². The molecule has 0 aliphatic rings. The monoisotopic (exact) mass is 244 g/mol. The number of terminal acetylenes is 1. The molecule has 0 fully saturated rings. The van der Waals surface area contributed by atoms with E-state index >= 15 is 0 Å². The summed E-state index contributed by atoms with van der Waals surface area (Å²) in [6.45, 7) is 9.37. The summed E-state index contributed by atoms with van der Waals surface area (Å²) in [5.74, 6) is 4.55. The van der Waals surface area contributed by atoms with Gasteiger partial charge in [0.15, 0.2) is 0 Å². The lowest BCUT2D eigenvalue weighted by Crippen LogP contribution is -2.03. The molecule has 1 atom stereocenters. The molecule has 0 amide bonds. The van der Waals surface area contributed by atoms with E-state index in [1.165, 1.54) is 11.1 Å². The number of hydrogen-bond donors (Lipinski definition) is 0. The molecule has 0 aliphatic carbocycles. The predicted molar refractivity (Wildman–Crippen MR) is 78.0 cm³/mol. The molecular weight excluding hydrogens is 220 g/mol. The van der Waals surface area contributed by atoms with Gasteiger partial charge in [-0.05, 0) is 36.0 Å². The first-order valence-electron chi connectivity index (χ1n) is 6.80. The van der Waals surface area contributed by atoms with Gasteiger partial charge in [-0.15, -0.1) is 12.3 Å². The van der Waals surface area contributed by atoms with Crippen molar-refractivity contribution in [2.75, 3.05) is 6.61 Å². The molecule has 0 aromatic heterocycles. The SMILES string of the molecule is C#CC(C)Cc1ccc(OCCC)c(C(C)C)c1. The van der Waals surface area contributed by atoms with Crippen LogP contribution < -0.4 is 4.74 Å². The average molecular weight is 244 g/mol. The summed E-state index contributed by atoms with van der Waals surface area (Å²) in [6, 6.07) is 6.46. The maximum absolute atomic E-state index is 5.79. The van der Waals surface area contributed by atoms with E-state index in [9.17, 15) is 0 Å².